The molecule has 0 radical (unpaired) electrons. The lowest BCUT2D eigenvalue weighted by molar-refractivity contribution is 0.203. The van der Waals surface area contributed by atoms with E-state index in [1.165, 1.54) is 106 Å². The molecule has 3 nitrogen and oxygen atoms in total. The minimum absolute atomic E-state index is 0.0461. The van der Waals surface area contributed by atoms with Gasteiger partial charge in [-0.1, -0.05) is 76.0 Å². The zero-order chi connectivity index (χ0) is 22.2. The van der Waals surface area contributed by atoms with Crippen LogP contribution in [0, 0.1) is 11.8 Å². The van der Waals surface area contributed by atoms with Crippen LogP contribution in [0.2, 0.25) is 0 Å². The van der Waals surface area contributed by atoms with E-state index in [9.17, 15) is 0 Å². The molecule has 32 heavy (non-hydrogen) atoms. The van der Waals surface area contributed by atoms with Crippen molar-refractivity contribution >= 4 is 10.9 Å². The van der Waals surface area contributed by atoms with Gasteiger partial charge in [0.2, 0.25) is 0 Å². The molecule has 0 aliphatic heterocycles. The number of aromatic amines is 1. The molecule has 1 aromatic carbocycles. The van der Waals surface area contributed by atoms with Crippen LogP contribution in [-0.4, -0.2) is 23.1 Å². The van der Waals surface area contributed by atoms with Crippen LogP contribution in [0.25, 0.3) is 10.9 Å². The summed E-state index contributed by atoms with van der Waals surface area (Å²) in [6.07, 6.45) is 22.5. The maximum Gasteiger partial charge on any atom is 0.0456 e. The van der Waals surface area contributed by atoms with E-state index in [1.807, 2.05) is 0 Å². The summed E-state index contributed by atoms with van der Waals surface area (Å²) >= 11 is 0. The highest BCUT2D eigenvalue weighted by atomic mass is 14.9. The Morgan fingerprint density at radius 1 is 0.906 bits per heavy atom. The third-order valence-corrected chi connectivity index (χ3v) is 8.48. The molecular formula is C29H47N3. The summed E-state index contributed by atoms with van der Waals surface area (Å²) in [6, 6.07) is 9.36. The number of hydrogen-bond donors (Lipinski definition) is 3. The molecule has 178 valence electrons. The molecule has 1 aromatic heterocycles. The summed E-state index contributed by atoms with van der Waals surface area (Å²) in [7, 11) is 0. The van der Waals surface area contributed by atoms with Crippen LogP contribution in [0.15, 0.2) is 30.5 Å². The summed E-state index contributed by atoms with van der Waals surface area (Å²) in [6.45, 7) is 3.41. The number of rotatable bonds is 5. The molecule has 1 heterocycles. The van der Waals surface area contributed by atoms with E-state index in [4.69, 9.17) is 5.73 Å². The van der Waals surface area contributed by atoms with Crippen molar-refractivity contribution in [3.05, 3.63) is 36.0 Å². The van der Waals surface area contributed by atoms with Crippen molar-refractivity contribution in [1.29, 1.82) is 0 Å². The monoisotopic (exact) mass is 437 g/mol. The number of nitrogens with one attached hydrogen (secondary N) is 2. The van der Waals surface area contributed by atoms with Crippen molar-refractivity contribution in [1.82, 2.24) is 10.3 Å². The van der Waals surface area contributed by atoms with Crippen molar-refractivity contribution in [3.8, 4) is 0 Å². The molecule has 2 aliphatic rings. The lowest BCUT2D eigenvalue weighted by Crippen LogP contribution is -2.39. The minimum Gasteiger partial charge on any atom is -0.361 e. The lowest BCUT2D eigenvalue weighted by atomic mass is 9.74. The van der Waals surface area contributed by atoms with Crippen molar-refractivity contribution in [2.75, 3.05) is 6.54 Å². The molecule has 4 N–H and O–H groups in total. The zero-order valence-electron chi connectivity index (χ0n) is 20.5. The highest BCUT2D eigenvalue weighted by Crippen LogP contribution is 2.37. The lowest BCUT2D eigenvalue weighted by Gasteiger charge is -2.34. The summed E-state index contributed by atoms with van der Waals surface area (Å²) in [5.41, 5.74) is 9.53. The van der Waals surface area contributed by atoms with Gasteiger partial charge in [0.25, 0.3) is 0 Å². The topological polar surface area (TPSA) is 53.8 Å². The first-order valence-electron chi connectivity index (χ1n) is 13.7. The molecule has 0 bridgehead atoms. The summed E-state index contributed by atoms with van der Waals surface area (Å²) in [5.74, 6) is 1.72. The molecule has 2 fully saturated rings. The van der Waals surface area contributed by atoms with Crippen molar-refractivity contribution in [2.24, 2.45) is 17.6 Å². The van der Waals surface area contributed by atoms with Crippen LogP contribution in [-0.2, 0) is 6.42 Å². The third kappa shape index (κ3) is 6.84. The van der Waals surface area contributed by atoms with Gasteiger partial charge in [0.15, 0.2) is 0 Å². The Morgan fingerprint density at radius 3 is 2.56 bits per heavy atom. The molecule has 3 heteroatoms. The predicted octanol–water partition coefficient (Wildman–Crippen LogP) is 7.11. The Bertz CT molecular complexity index is 808. The maximum absolute atomic E-state index is 6.78. The second-order valence-electron chi connectivity index (χ2n) is 11.3. The Balaban J connectivity index is 1.32. The van der Waals surface area contributed by atoms with Gasteiger partial charge in [0.1, 0.15) is 0 Å². The quantitative estimate of drug-likeness (QED) is 0.467. The van der Waals surface area contributed by atoms with E-state index in [-0.39, 0.29) is 5.54 Å². The van der Waals surface area contributed by atoms with E-state index in [0.717, 1.165) is 24.8 Å². The fourth-order valence-electron chi connectivity index (χ4n) is 6.60. The van der Waals surface area contributed by atoms with E-state index in [2.05, 4.69) is 47.7 Å². The third-order valence-electron chi connectivity index (χ3n) is 8.48. The molecule has 4 rings (SSSR count). The molecule has 4 atom stereocenters. The largest absolute Gasteiger partial charge is 0.361 e. The van der Waals surface area contributed by atoms with Gasteiger partial charge in [0, 0.05) is 28.7 Å². The molecular weight excluding hydrogens is 390 g/mol. The standard InChI is InChI=1S/C29H47N3/c1-29(30)19-10-3-2-5-12-24(21-29)23-11-6-4-7-13-26(17-16-23)31-20-18-25-22-32-28-15-9-8-14-27(25)28/h8-9,14-15,22-24,26,31-32H,2-7,10-13,16-21,30H2,1H3. The van der Waals surface area contributed by atoms with Gasteiger partial charge in [-0.3, -0.25) is 0 Å². The number of H-pyrrole nitrogens is 1. The molecule has 4 unspecified atom stereocenters. The first kappa shape index (κ1) is 23.8. The highest BCUT2D eigenvalue weighted by Gasteiger charge is 2.30. The first-order valence-corrected chi connectivity index (χ1v) is 13.7. The Morgan fingerprint density at radius 2 is 1.66 bits per heavy atom. The summed E-state index contributed by atoms with van der Waals surface area (Å²) < 4.78 is 0. The minimum atomic E-state index is 0.0461. The van der Waals surface area contributed by atoms with Gasteiger partial charge in [-0.25, -0.2) is 0 Å². The van der Waals surface area contributed by atoms with E-state index in [0.29, 0.717) is 6.04 Å². The van der Waals surface area contributed by atoms with Crippen molar-refractivity contribution < 1.29 is 0 Å². The first-order chi connectivity index (χ1) is 15.6. The second kappa shape index (κ2) is 11.7. The van der Waals surface area contributed by atoms with Crippen molar-refractivity contribution in [2.45, 2.75) is 115 Å². The Hall–Kier alpha value is -1.32. The molecule has 2 saturated carbocycles. The van der Waals surface area contributed by atoms with Crippen LogP contribution in [0.5, 0.6) is 0 Å². The number of para-hydroxylation sites is 1. The van der Waals surface area contributed by atoms with Crippen LogP contribution in [0.4, 0.5) is 0 Å². The van der Waals surface area contributed by atoms with Gasteiger partial charge in [-0.05, 0) is 75.5 Å². The van der Waals surface area contributed by atoms with Gasteiger partial charge in [0.05, 0.1) is 0 Å². The van der Waals surface area contributed by atoms with E-state index in [1.54, 1.807) is 0 Å². The molecule has 2 aliphatic carbocycles. The Labute approximate surface area is 196 Å². The second-order valence-corrected chi connectivity index (χ2v) is 11.3. The number of hydrogen-bond acceptors (Lipinski definition) is 2. The van der Waals surface area contributed by atoms with Crippen LogP contribution < -0.4 is 11.1 Å². The normalized spacial score (nSPS) is 31.1. The number of fused-ring (bicyclic) bond motifs is 1. The fraction of sp³-hybridized carbons (Fsp3) is 0.724. The summed E-state index contributed by atoms with van der Waals surface area (Å²) in [5, 5.41) is 5.34. The average Bonchev–Trinajstić information content (AvgIpc) is 3.25. The highest BCUT2D eigenvalue weighted by molar-refractivity contribution is 5.83. The predicted molar refractivity (Wildman–Crippen MR) is 138 cm³/mol. The number of benzene rings is 1. The van der Waals surface area contributed by atoms with Gasteiger partial charge in [-0.15, -0.1) is 0 Å². The number of aromatic nitrogens is 1. The van der Waals surface area contributed by atoms with Gasteiger partial charge < -0.3 is 16.0 Å². The van der Waals surface area contributed by atoms with Gasteiger partial charge >= 0.3 is 0 Å². The smallest absolute Gasteiger partial charge is 0.0456 e. The SMILES string of the molecule is CC1(N)CCCCCCC(C2CCCCCC(NCCc3c[nH]c4ccccc34)CC2)C1. The number of nitrogens with two attached hydrogens (primary N) is 1. The van der Waals surface area contributed by atoms with Crippen LogP contribution in [0.1, 0.15) is 102 Å². The summed E-state index contributed by atoms with van der Waals surface area (Å²) in [4.78, 5) is 3.43. The average molecular weight is 438 g/mol. The van der Waals surface area contributed by atoms with E-state index < -0.39 is 0 Å². The zero-order valence-corrected chi connectivity index (χ0v) is 20.5. The molecule has 0 saturated heterocycles. The molecule has 0 amide bonds. The maximum atomic E-state index is 6.78. The van der Waals surface area contributed by atoms with Gasteiger partial charge in [-0.2, -0.15) is 0 Å². The van der Waals surface area contributed by atoms with E-state index >= 15 is 0 Å². The molecule has 2 aromatic rings. The van der Waals surface area contributed by atoms with Crippen molar-refractivity contribution in [3.63, 3.8) is 0 Å². The fourth-order valence-corrected chi connectivity index (χ4v) is 6.60. The van der Waals surface area contributed by atoms with Crippen LogP contribution >= 0.6 is 0 Å². The van der Waals surface area contributed by atoms with Crippen LogP contribution in [0.3, 0.4) is 0 Å². The molecule has 0 spiro atoms. The Kier molecular flexibility index (Phi) is 8.71.